The minimum atomic E-state index is -1.04. The highest BCUT2D eigenvalue weighted by Gasteiger charge is 2.53. The van der Waals surface area contributed by atoms with Crippen molar-refractivity contribution in [1.29, 1.82) is 0 Å². The number of nitrogens with zero attached hydrogens (tertiary/aromatic N) is 1. The summed E-state index contributed by atoms with van der Waals surface area (Å²) in [5.41, 5.74) is 2.01. The summed E-state index contributed by atoms with van der Waals surface area (Å²) in [6.07, 6.45) is 3.69. The van der Waals surface area contributed by atoms with E-state index in [-0.39, 0.29) is 41.2 Å². The number of hydrogen-bond acceptors (Lipinski definition) is 8. The van der Waals surface area contributed by atoms with Crippen LogP contribution < -0.4 is 5.32 Å². The van der Waals surface area contributed by atoms with Crippen molar-refractivity contribution in [1.82, 2.24) is 10.2 Å². The molecule has 2 aliphatic heterocycles. The molecule has 2 aliphatic rings. The van der Waals surface area contributed by atoms with E-state index in [9.17, 15) is 14.4 Å². The fraction of sp³-hybridized carbons (Fsp3) is 0.417. The molecule has 180 valence electrons. The fourth-order valence-corrected chi connectivity index (χ4v) is 5.25. The quantitative estimate of drug-likeness (QED) is 0.191. The van der Waals surface area contributed by atoms with E-state index in [0.29, 0.717) is 11.4 Å². The fourth-order valence-electron chi connectivity index (χ4n) is 3.52. The number of fused-ring (bicyclic) bond motifs is 1. The van der Waals surface area contributed by atoms with Gasteiger partial charge in [0, 0.05) is 19.1 Å². The zero-order chi connectivity index (χ0) is 24.8. The van der Waals surface area contributed by atoms with Crippen molar-refractivity contribution >= 4 is 47.0 Å². The molecule has 0 aliphatic carbocycles. The third-order valence-electron chi connectivity index (χ3n) is 4.95. The standard InChI is InChI=1S/C24H26N2O6S2/c1-5-9-17-13-34-22-19(25-18(27)12-16-10-7-6-8-11-16)21(28)26(22)20(17)23(33)31-15(4)32-24(29)30-14(2)3/h1,6-8,10-11,14-15,19,22H,9,12-13H2,2-4H3,(H,25,27)/t15?,19-,22-/m1/s1. The molecule has 3 atom stereocenters. The minimum Gasteiger partial charge on any atom is -0.442 e. The number of thioether (sulfide) groups is 1. The molecule has 0 radical (unpaired) electrons. The van der Waals surface area contributed by atoms with Gasteiger partial charge in [-0.2, -0.15) is 0 Å². The molecule has 34 heavy (non-hydrogen) atoms. The Labute approximate surface area is 208 Å². The average Bonchev–Trinajstić information content (AvgIpc) is 2.77. The van der Waals surface area contributed by atoms with Gasteiger partial charge in [-0.15, -0.1) is 24.1 Å². The van der Waals surface area contributed by atoms with E-state index in [0.717, 1.165) is 11.1 Å². The maximum absolute atomic E-state index is 13.0. The number of amides is 2. The monoisotopic (exact) mass is 502 g/mol. The lowest BCUT2D eigenvalue weighted by Crippen LogP contribution is -2.70. The predicted molar refractivity (Wildman–Crippen MR) is 131 cm³/mol. The Hall–Kier alpha value is -3.03. The molecular formula is C24H26N2O6S2. The van der Waals surface area contributed by atoms with Crippen LogP contribution in [-0.4, -0.2) is 57.5 Å². The number of benzene rings is 1. The van der Waals surface area contributed by atoms with Crippen LogP contribution in [0, 0.1) is 12.3 Å². The van der Waals surface area contributed by atoms with Crippen LogP contribution in [0.2, 0.25) is 0 Å². The van der Waals surface area contributed by atoms with E-state index in [4.69, 9.17) is 32.9 Å². The maximum atomic E-state index is 13.0. The summed E-state index contributed by atoms with van der Waals surface area (Å²) < 4.78 is 15.6. The molecule has 3 rings (SSSR count). The van der Waals surface area contributed by atoms with Crippen LogP contribution in [0.3, 0.4) is 0 Å². The van der Waals surface area contributed by atoms with Gasteiger partial charge >= 0.3 is 6.16 Å². The second-order valence-corrected chi connectivity index (χ2v) is 9.43. The molecular weight excluding hydrogens is 476 g/mol. The summed E-state index contributed by atoms with van der Waals surface area (Å²) >= 11 is 6.94. The van der Waals surface area contributed by atoms with Crippen molar-refractivity contribution in [3.63, 3.8) is 0 Å². The number of hydrogen-bond donors (Lipinski definition) is 1. The molecule has 1 saturated heterocycles. The number of nitrogens with one attached hydrogen (secondary N) is 1. The van der Waals surface area contributed by atoms with Crippen molar-refractivity contribution in [2.24, 2.45) is 0 Å². The lowest BCUT2D eigenvalue weighted by molar-refractivity contribution is -0.145. The molecule has 1 N–H and O–H groups in total. The van der Waals surface area contributed by atoms with Gasteiger partial charge in [0.15, 0.2) is 0 Å². The van der Waals surface area contributed by atoms with Crippen molar-refractivity contribution in [3.8, 4) is 12.3 Å². The minimum absolute atomic E-state index is 0.0113. The molecule has 0 spiro atoms. The summed E-state index contributed by atoms with van der Waals surface area (Å²) in [5.74, 6) is 2.55. The Morgan fingerprint density at radius 1 is 1.24 bits per heavy atom. The molecule has 10 heteroatoms. The zero-order valence-electron chi connectivity index (χ0n) is 19.1. The van der Waals surface area contributed by atoms with Gasteiger partial charge in [-0.3, -0.25) is 14.5 Å². The first-order valence-corrected chi connectivity index (χ1v) is 12.2. The lowest BCUT2D eigenvalue weighted by atomic mass is 10.0. The number of carbonyl (C=O) groups is 3. The van der Waals surface area contributed by atoms with Gasteiger partial charge in [-0.25, -0.2) is 4.79 Å². The van der Waals surface area contributed by atoms with Crippen LogP contribution in [-0.2, 0) is 30.2 Å². The zero-order valence-corrected chi connectivity index (χ0v) is 20.7. The molecule has 2 heterocycles. The van der Waals surface area contributed by atoms with Gasteiger partial charge < -0.3 is 19.5 Å². The van der Waals surface area contributed by atoms with Crippen molar-refractivity contribution < 1.29 is 28.6 Å². The molecule has 1 fully saturated rings. The summed E-state index contributed by atoms with van der Waals surface area (Å²) in [6, 6.07) is 8.61. The van der Waals surface area contributed by atoms with Crippen molar-refractivity contribution in [3.05, 3.63) is 47.2 Å². The Bertz CT molecular complexity index is 1030. The van der Waals surface area contributed by atoms with Gasteiger partial charge in [0.1, 0.15) is 17.1 Å². The Morgan fingerprint density at radius 3 is 2.59 bits per heavy atom. The molecule has 0 saturated carbocycles. The van der Waals surface area contributed by atoms with Crippen LogP contribution in [0.5, 0.6) is 0 Å². The molecule has 0 aromatic heterocycles. The highest BCUT2D eigenvalue weighted by Crippen LogP contribution is 2.41. The maximum Gasteiger partial charge on any atom is 0.511 e. The number of ether oxygens (including phenoxy) is 3. The summed E-state index contributed by atoms with van der Waals surface area (Å²) in [5, 5.41) is 2.47. The Morgan fingerprint density at radius 2 is 1.94 bits per heavy atom. The largest absolute Gasteiger partial charge is 0.511 e. The Balaban J connectivity index is 1.67. The van der Waals surface area contributed by atoms with Gasteiger partial charge in [0.05, 0.1) is 12.5 Å². The molecule has 1 unspecified atom stereocenters. The first-order valence-electron chi connectivity index (χ1n) is 10.7. The lowest BCUT2D eigenvalue weighted by Gasteiger charge is -2.50. The second-order valence-electron chi connectivity index (χ2n) is 7.96. The van der Waals surface area contributed by atoms with Crippen LogP contribution in [0.15, 0.2) is 41.6 Å². The molecule has 0 bridgehead atoms. The SMILES string of the molecule is C#CCC1=C(C(=S)OC(C)OC(=O)OC(C)C)N2C(=O)[C@@H](NC(=O)Cc3ccccc3)[C@H]2SC1. The molecule has 1 aromatic carbocycles. The van der Waals surface area contributed by atoms with E-state index in [1.54, 1.807) is 13.8 Å². The third-order valence-corrected chi connectivity index (χ3v) is 6.58. The van der Waals surface area contributed by atoms with E-state index in [1.807, 2.05) is 30.3 Å². The van der Waals surface area contributed by atoms with Gasteiger partial charge in [-0.05, 0) is 37.2 Å². The van der Waals surface area contributed by atoms with Gasteiger partial charge in [0.2, 0.25) is 17.2 Å². The first kappa shape index (κ1) is 25.6. The van der Waals surface area contributed by atoms with Crippen molar-refractivity contribution in [2.45, 2.75) is 57.4 Å². The number of thiocarbonyl (C=S) groups is 1. The van der Waals surface area contributed by atoms with Crippen LogP contribution >= 0.6 is 24.0 Å². The topological polar surface area (TPSA) is 94.2 Å². The van der Waals surface area contributed by atoms with Crippen LogP contribution in [0.25, 0.3) is 0 Å². The Kier molecular flexibility index (Phi) is 8.58. The first-order chi connectivity index (χ1) is 16.2. The predicted octanol–water partition coefficient (Wildman–Crippen LogP) is 3.16. The van der Waals surface area contributed by atoms with E-state index < -0.39 is 18.5 Å². The normalized spacial score (nSPS) is 20.0. The van der Waals surface area contributed by atoms with E-state index in [2.05, 4.69) is 11.2 Å². The van der Waals surface area contributed by atoms with Crippen LogP contribution in [0.4, 0.5) is 4.79 Å². The van der Waals surface area contributed by atoms with Gasteiger partial charge in [0.25, 0.3) is 5.91 Å². The highest BCUT2D eigenvalue weighted by molar-refractivity contribution is 8.00. The smallest absolute Gasteiger partial charge is 0.442 e. The highest BCUT2D eigenvalue weighted by atomic mass is 32.2. The van der Waals surface area contributed by atoms with Gasteiger partial charge in [-0.1, -0.05) is 30.3 Å². The van der Waals surface area contributed by atoms with E-state index >= 15 is 0 Å². The number of β-lactam (4-membered cyclic amide) rings is 1. The molecule has 1 aromatic rings. The average molecular weight is 503 g/mol. The number of rotatable bonds is 8. The number of terminal acetylenes is 1. The summed E-state index contributed by atoms with van der Waals surface area (Å²) in [4.78, 5) is 38.8. The van der Waals surface area contributed by atoms with Crippen LogP contribution in [0.1, 0.15) is 32.8 Å². The summed E-state index contributed by atoms with van der Waals surface area (Å²) in [7, 11) is 0. The molecule has 8 nitrogen and oxygen atoms in total. The second kappa shape index (κ2) is 11.4. The molecule has 2 amide bonds. The third kappa shape index (κ3) is 6.10. The van der Waals surface area contributed by atoms with E-state index in [1.165, 1.54) is 23.6 Å². The van der Waals surface area contributed by atoms with Crippen molar-refractivity contribution in [2.75, 3.05) is 5.75 Å². The number of carbonyl (C=O) groups excluding carboxylic acids is 3. The summed E-state index contributed by atoms with van der Waals surface area (Å²) in [6.45, 7) is 4.88.